The van der Waals surface area contributed by atoms with E-state index in [1.54, 1.807) is 13.8 Å². The molecule has 1 aromatic heterocycles. The summed E-state index contributed by atoms with van der Waals surface area (Å²) in [7, 11) is 0. The summed E-state index contributed by atoms with van der Waals surface area (Å²) >= 11 is 0. The highest BCUT2D eigenvalue weighted by Gasteiger charge is 2.53. The molecule has 0 aliphatic carbocycles. The molecule has 2 aromatic rings. The van der Waals surface area contributed by atoms with Gasteiger partial charge in [-0.25, -0.2) is 0 Å². The van der Waals surface area contributed by atoms with Gasteiger partial charge in [0.05, 0.1) is 12.1 Å². The van der Waals surface area contributed by atoms with Crippen molar-refractivity contribution in [1.82, 2.24) is 15.5 Å². The molecule has 3 rings (SSSR count). The minimum atomic E-state index is -1.43. The Morgan fingerprint density at radius 1 is 0.920 bits per heavy atom. The highest BCUT2D eigenvalue weighted by molar-refractivity contribution is 5.83. The molecule has 1 amide bonds. The molecule has 5 atom stereocenters. The summed E-state index contributed by atoms with van der Waals surface area (Å²) < 4.78 is 39.9. The van der Waals surface area contributed by atoms with E-state index < -0.39 is 72.6 Å². The van der Waals surface area contributed by atoms with Crippen LogP contribution in [0.1, 0.15) is 84.5 Å². The molecule has 2 heterocycles. The van der Waals surface area contributed by atoms with E-state index in [0.717, 1.165) is 32.0 Å². The lowest BCUT2D eigenvalue weighted by Gasteiger charge is -2.43. The first-order valence-electron chi connectivity index (χ1n) is 16.3. The summed E-state index contributed by atoms with van der Waals surface area (Å²) in [4.78, 5) is 59.7. The van der Waals surface area contributed by atoms with Gasteiger partial charge in [-0.3, -0.25) is 29.1 Å². The van der Waals surface area contributed by atoms with Crippen molar-refractivity contribution in [3.05, 3.63) is 41.1 Å². The lowest BCUT2D eigenvalue weighted by molar-refractivity contribution is -0.289. The summed E-state index contributed by atoms with van der Waals surface area (Å²) in [6, 6.07) is 7.48. The Morgan fingerprint density at radius 2 is 1.52 bits per heavy atom. The highest BCUT2D eigenvalue weighted by Crippen LogP contribution is 2.34. The predicted molar refractivity (Wildman–Crippen MR) is 176 cm³/mol. The van der Waals surface area contributed by atoms with E-state index in [1.807, 2.05) is 38.1 Å². The van der Waals surface area contributed by atoms with Crippen molar-refractivity contribution in [3.63, 3.8) is 0 Å². The van der Waals surface area contributed by atoms with Crippen LogP contribution in [0.2, 0.25) is 0 Å². The third-order valence-electron chi connectivity index (χ3n) is 7.69. The molecule has 1 aliphatic heterocycles. The van der Waals surface area contributed by atoms with Crippen molar-refractivity contribution >= 4 is 29.8 Å². The molecule has 1 aliphatic rings. The Morgan fingerprint density at radius 3 is 2.08 bits per heavy atom. The number of carbonyl (C=O) groups excluding carboxylic acids is 5. The van der Waals surface area contributed by atoms with Gasteiger partial charge in [0.25, 0.3) is 0 Å². The third-order valence-corrected chi connectivity index (χ3v) is 7.69. The fourth-order valence-corrected chi connectivity index (χ4v) is 5.16. The van der Waals surface area contributed by atoms with Crippen LogP contribution in [0.25, 0.3) is 0 Å². The molecule has 50 heavy (non-hydrogen) atoms. The average Bonchev–Trinajstić information content (AvgIpc) is 3.40. The number of aromatic amines is 1. The topological polar surface area (TPSA) is 217 Å². The second kappa shape index (κ2) is 17.8. The van der Waals surface area contributed by atoms with Crippen molar-refractivity contribution in [2.75, 3.05) is 19.8 Å². The van der Waals surface area contributed by atoms with Crippen LogP contribution in [0.5, 0.6) is 11.6 Å². The number of hydrogen-bond acceptors (Lipinski definition) is 14. The van der Waals surface area contributed by atoms with Crippen molar-refractivity contribution in [2.24, 2.45) is 5.73 Å². The molecule has 0 radical (unpaired) electrons. The van der Waals surface area contributed by atoms with Crippen LogP contribution >= 0.6 is 0 Å². The molecule has 1 fully saturated rings. The second-order valence-corrected chi connectivity index (χ2v) is 12.7. The Hall–Kier alpha value is -4.70. The van der Waals surface area contributed by atoms with Crippen LogP contribution in [0.4, 0.5) is 0 Å². The lowest BCUT2D eigenvalue weighted by Crippen LogP contribution is -2.63. The fraction of sp³-hybridized carbons (Fsp3) is 0.588. The van der Waals surface area contributed by atoms with Crippen LogP contribution in [0, 0.1) is 0 Å². The average molecular weight is 705 g/mol. The van der Waals surface area contributed by atoms with Crippen molar-refractivity contribution in [2.45, 2.75) is 110 Å². The predicted octanol–water partition coefficient (Wildman–Crippen LogP) is 2.21. The molecule has 16 nitrogen and oxygen atoms in total. The van der Waals surface area contributed by atoms with Crippen LogP contribution in [-0.2, 0) is 54.1 Å². The normalized spacial score (nSPS) is 20.5. The van der Waals surface area contributed by atoms with E-state index in [2.05, 4.69) is 15.5 Å². The minimum absolute atomic E-state index is 0.000931. The quantitative estimate of drug-likeness (QED) is 0.122. The van der Waals surface area contributed by atoms with E-state index >= 15 is 0 Å². The van der Waals surface area contributed by atoms with Crippen molar-refractivity contribution in [3.8, 4) is 11.6 Å². The van der Waals surface area contributed by atoms with Gasteiger partial charge in [0.2, 0.25) is 24.2 Å². The molecule has 0 unspecified atom stereocenters. The SMILES string of the molecule is CC(=O)OC[C@H]1O[C@@H](Oc2n[nH]c(C(C)C)c2Cc2ccc(OCCCNC(C)(C)C(N)=O)cc2)[C@H](OC(C)=O)[C@@H](OC(C)=O)[C@@H]1OC(C)=O. The number of ether oxygens (including phenoxy) is 7. The summed E-state index contributed by atoms with van der Waals surface area (Å²) in [6.07, 6.45) is -5.68. The zero-order valence-electron chi connectivity index (χ0n) is 29.7. The molecule has 0 bridgehead atoms. The van der Waals surface area contributed by atoms with Gasteiger partial charge in [-0.1, -0.05) is 26.0 Å². The zero-order chi connectivity index (χ0) is 37.2. The number of carbonyl (C=O) groups is 5. The van der Waals surface area contributed by atoms with Gasteiger partial charge < -0.3 is 44.2 Å². The maximum Gasteiger partial charge on any atom is 0.303 e. The number of aromatic nitrogens is 2. The van der Waals surface area contributed by atoms with Gasteiger partial charge in [-0.05, 0) is 50.4 Å². The first-order valence-corrected chi connectivity index (χ1v) is 16.3. The molecule has 4 N–H and O–H groups in total. The molecule has 1 aromatic carbocycles. The lowest BCUT2D eigenvalue weighted by atomic mass is 9.97. The Labute approximate surface area is 290 Å². The largest absolute Gasteiger partial charge is 0.494 e. The third kappa shape index (κ3) is 11.4. The number of nitrogens with zero attached hydrogens (tertiary/aromatic N) is 1. The van der Waals surface area contributed by atoms with Gasteiger partial charge in [0, 0.05) is 45.4 Å². The van der Waals surface area contributed by atoms with Crippen LogP contribution < -0.4 is 20.5 Å². The van der Waals surface area contributed by atoms with Gasteiger partial charge >= 0.3 is 23.9 Å². The van der Waals surface area contributed by atoms with Crippen LogP contribution in [0.3, 0.4) is 0 Å². The summed E-state index contributed by atoms with van der Waals surface area (Å²) in [5, 5.41) is 10.5. The monoisotopic (exact) mass is 704 g/mol. The highest BCUT2D eigenvalue weighted by atomic mass is 16.7. The van der Waals surface area contributed by atoms with Gasteiger partial charge in [0.1, 0.15) is 18.5 Å². The summed E-state index contributed by atoms with van der Waals surface area (Å²) in [5.41, 5.74) is 6.95. The molecular weight excluding hydrogens is 656 g/mol. The van der Waals surface area contributed by atoms with Gasteiger partial charge in [0.15, 0.2) is 12.2 Å². The first-order chi connectivity index (χ1) is 23.5. The van der Waals surface area contributed by atoms with E-state index in [-0.39, 0.29) is 11.8 Å². The molecular formula is C34H48N4O12. The molecule has 16 heteroatoms. The fourth-order valence-electron chi connectivity index (χ4n) is 5.16. The number of esters is 4. The summed E-state index contributed by atoms with van der Waals surface area (Å²) in [6.45, 7) is 12.6. The number of nitrogens with one attached hydrogen (secondary N) is 2. The number of H-pyrrole nitrogens is 1. The smallest absolute Gasteiger partial charge is 0.303 e. The summed E-state index contributed by atoms with van der Waals surface area (Å²) in [5.74, 6) is -2.52. The molecule has 0 spiro atoms. The molecule has 276 valence electrons. The zero-order valence-corrected chi connectivity index (χ0v) is 29.7. The Kier molecular flexibility index (Phi) is 14.1. The standard InChI is InChI=1S/C34H48N4O12/c1-18(2)27-25(16-23-10-12-24(13-11-23)44-15-9-14-36-34(7,8)33(35)43)31(38-37-27)50-32-30(48-22(6)42)29(47-21(5)41)28(46-20(4)40)26(49-32)17-45-19(3)39/h10-13,18,26,28-30,32,36H,9,14-17H2,1-8H3,(H2,35,43)(H,37,38)/t26-,28-,29+,30-,32+/m1/s1. The number of benzene rings is 1. The Bertz CT molecular complexity index is 1490. The van der Waals surface area contributed by atoms with Gasteiger partial charge in [-0.2, -0.15) is 0 Å². The van der Waals surface area contributed by atoms with Crippen LogP contribution in [-0.4, -0.2) is 96.0 Å². The number of primary amides is 1. The number of rotatable bonds is 17. The molecule has 1 saturated heterocycles. The number of amides is 1. The van der Waals surface area contributed by atoms with Gasteiger partial charge in [-0.15, -0.1) is 5.10 Å². The number of nitrogens with two attached hydrogens (primary N) is 1. The van der Waals surface area contributed by atoms with E-state index in [4.69, 9.17) is 38.9 Å². The Balaban J connectivity index is 1.85. The second-order valence-electron chi connectivity index (χ2n) is 12.7. The van der Waals surface area contributed by atoms with Crippen molar-refractivity contribution < 1.29 is 57.1 Å². The van der Waals surface area contributed by atoms with E-state index in [9.17, 15) is 24.0 Å². The first kappa shape index (κ1) is 39.7. The maximum absolute atomic E-state index is 12.3. The van der Waals surface area contributed by atoms with E-state index in [1.165, 1.54) is 6.92 Å². The molecule has 0 saturated carbocycles. The van der Waals surface area contributed by atoms with E-state index in [0.29, 0.717) is 37.3 Å². The minimum Gasteiger partial charge on any atom is -0.494 e. The number of hydrogen-bond donors (Lipinski definition) is 3. The van der Waals surface area contributed by atoms with Crippen LogP contribution in [0.15, 0.2) is 24.3 Å². The van der Waals surface area contributed by atoms with Crippen molar-refractivity contribution in [1.29, 1.82) is 0 Å². The maximum atomic E-state index is 12.3.